The van der Waals surface area contributed by atoms with Gasteiger partial charge in [-0.15, -0.1) is 0 Å². The predicted octanol–water partition coefficient (Wildman–Crippen LogP) is 2.80. The number of esters is 1. The molecule has 1 heterocycles. The molecule has 1 aromatic carbocycles. The van der Waals surface area contributed by atoms with Crippen LogP contribution in [0.15, 0.2) is 18.2 Å². The van der Waals surface area contributed by atoms with E-state index in [0.717, 1.165) is 17.0 Å². The van der Waals surface area contributed by atoms with E-state index in [2.05, 4.69) is 4.98 Å². The van der Waals surface area contributed by atoms with Gasteiger partial charge in [0.25, 0.3) is 0 Å². The van der Waals surface area contributed by atoms with Gasteiger partial charge in [-0.2, -0.15) is 0 Å². The third-order valence-electron chi connectivity index (χ3n) is 3.40. The second kappa shape index (κ2) is 6.43. The number of methoxy groups -OCH3 is 4. The third kappa shape index (κ3) is 2.72. The monoisotopic (exact) mass is 305 g/mol. The van der Waals surface area contributed by atoms with Crippen LogP contribution in [0.25, 0.3) is 11.3 Å². The number of hydrogen-bond acceptors (Lipinski definition) is 5. The lowest BCUT2D eigenvalue weighted by Gasteiger charge is -2.13. The molecular weight excluding hydrogens is 286 g/mol. The average molecular weight is 305 g/mol. The van der Waals surface area contributed by atoms with Gasteiger partial charge in [0.05, 0.1) is 34.0 Å². The molecule has 0 saturated heterocycles. The Morgan fingerprint density at radius 3 is 2.00 bits per heavy atom. The normalized spacial score (nSPS) is 10.2. The molecule has 1 aromatic heterocycles. The highest BCUT2D eigenvalue weighted by Gasteiger charge is 2.18. The summed E-state index contributed by atoms with van der Waals surface area (Å²) in [6.45, 7) is 1.81. The molecule has 0 saturated carbocycles. The highest BCUT2D eigenvalue weighted by atomic mass is 16.5. The Bertz CT molecular complexity index is 665. The molecule has 22 heavy (non-hydrogen) atoms. The van der Waals surface area contributed by atoms with E-state index in [1.807, 2.05) is 19.1 Å². The Labute approximate surface area is 129 Å². The Balaban J connectivity index is 2.55. The van der Waals surface area contributed by atoms with Crippen molar-refractivity contribution in [2.75, 3.05) is 28.4 Å². The van der Waals surface area contributed by atoms with E-state index in [0.29, 0.717) is 22.8 Å². The zero-order valence-corrected chi connectivity index (χ0v) is 13.3. The summed E-state index contributed by atoms with van der Waals surface area (Å²) in [4.78, 5) is 14.9. The van der Waals surface area contributed by atoms with Gasteiger partial charge in [-0.25, -0.2) is 4.79 Å². The van der Waals surface area contributed by atoms with Crippen LogP contribution in [0.3, 0.4) is 0 Å². The number of ether oxygens (including phenoxy) is 4. The molecule has 1 N–H and O–H groups in total. The predicted molar refractivity (Wildman–Crippen MR) is 82.0 cm³/mol. The van der Waals surface area contributed by atoms with Gasteiger partial charge in [0.2, 0.25) is 5.75 Å². The number of benzene rings is 1. The number of aryl methyl sites for hydroxylation is 1. The minimum absolute atomic E-state index is 0.382. The molecule has 0 amide bonds. The summed E-state index contributed by atoms with van der Waals surface area (Å²) in [6, 6.07) is 5.36. The molecule has 118 valence electrons. The number of H-pyrrole nitrogens is 1. The van der Waals surface area contributed by atoms with Crippen molar-refractivity contribution in [1.82, 2.24) is 4.98 Å². The van der Waals surface area contributed by atoms with E-state index in [9.17, 15) is 4.79 Å². The zero-order chi connectivity index (χ0) is 16.3. The fraction of sp³-hybridized carbons (Fsp3) is 0.312. The van der Waals surface area contributed by atoms with Crippen molar-refractivity contribution >= 4 is 5.97 Å². The van der Waals surface area contributed by atoms with Crippen molar-refractivity contribution in [2.24, 2.45) is 0 Å². The minimum atomic E-state index is -0.382. The van der Waals surface area contributed by atoms with Crippen LogP contribution in [0.1, 0.15) is 16.1 Å². The quantitative estimate of drug-likeness (QED) is 0.860. The standard InChI is InChI=1S/C16H19NO5/c1-9-11(16(18)22-5)8-12(17-9)10-6-13(19-2)15(21-4)14(7-10)20-3/h6-8,17H,1-5H3. The molecule has 6 nitrogen and oxygen atoms in total. The molecule has 0 radical (unpaired) electrons. The van der Waals surface area contributed by atoms with Crippen LogP contribution in [0.2, 0.25) is 0 Å². The summed E-state index contributed by atoms with van der Waals surface area (Å²) in [7, 11) is 6.02. The number of aromatic amines is 1. The van der Waals surface area contributed by atoms with E-state index in [-0.39, 0.29) is 5.97 Å². The molecule has 2 aromatic rings. The Morgan fingerprint density at radius 1 is 0.955 bits per heavy atom. The van der Waals surface area contributed by atoms with Gasteiger partial charge in [0.15, 0.2) is 11.5 Å². The molecule has 0 aliphatic heterocycles. The van der Waals surface area contributed by atoms with Gasteiger partial charge in [-0.1, -0.05) is 0 Å². The molecule has 0 fully saturated rings. The lowest BCUT2D eigenvalue weighted by Crippen LogP contribution is -2.00. The maximum atomic E-state index is 11.7. The Morgan fingerprint density at radius 2 is 1.55 bits per heavy atom. The molecule has 2 rings (SSSR count). The van der Waals surface area contributed by atoms with Gasteiger partial charge >= 0.3 is 5.97 Å². The lowest BCUT2D eigenvalue weighted by molar-refractivity contribution is 0.0600. The highest BCUT2D eigenvalue weighted by Crippen LogP contribution is 2.41. The summed E-state index contributed by atoms with van der Waals surface area (Å²) < 4.78 is 20.7. The van der Waals surface area contributed by atoms with Crippen LogP contribution < -0.4 is 14.2 Å². The smallest absolute Gasteiger partial charge is 0.339 e. The second-order valence-electron chi connectivity index (χ2n) is 4.63. The van der Waals surface area contributed by atoms with Crippen LogP contribution in [0, 0.1) is 6.92 Å². The fourth-order valence-corrected chi connectivity index (χ4v) is 2.27. The summed E-state index contributed by atoms with van der Waals surface area (Å²) >= 11 is 0. The summed E-state index contributed by atoms with van der Waals surface area (Å²) in [5.41, 5.74) is 2.80. The maximum absolute atomic E-state index is 11.7. The van der Waals surface area contributed by atoms with Gasteiger partial charge in [0, 0.05) is 17.0 Å². The zero-order valence-electron chi connectivity index (χ0n) is 13.3. The van der Waals surface area contributed by atoms with Crippen molar-refractivity contribution < 1.29 is 23.7 Å². The SMILES string of the molecule is COC(=O)c1cc(-c2cc(OC)c(OC)c(OC)c2)[nH]c1C. The Hall–Kier alpha value is -2.63. The molecule has 0 unspecified atom stereocenters. The molecule has 0 aliphatic carbocycles. The molecule has 0 bridgehead atoms. The van der Waals surface area contributed by atoms with Crippen LogP contribution in [-0.2, 0) is 4.74 Å². The van der Waals surface area contributed by atoms with Gasteiger partial charge < -0.3 is 23.9 Å². The average Bonchev–Trinajstić information content (AvgIpc) is 2.94. The van der Waals surface area contributed by atoms with E-state index < -0.39 is 0 Å². The van der Waals surface area contributed by atoms with Crippen molar-refractivity contribution in [3.63, 3.8) is 0 Å². The topological polar surface area (TPSA) is 69.8 Å². The summed E-state index contributed by atoms with van der Waals surface area (Å²) in [5, 5.41) is 0. The number of carbonyl (C=O) groups excluding carboxylic acids is 1. The fourth-order valence-electron chi connectivity index (χ4n) is 2.27. The number of hydrogen-bond donors (Lipinski definition) is 1. The first-order valence-electron chi connectivity index (χ1n) is 6.64. The van der Waals surface area contributed by atoms with Crippen molar-refractivity contribution in [1.29, 1.82) is 0 Å². The summed E-state index contributed by atoms with van der Waals surface area (Å²) in [5.74, 6) is 1.23. The van der Waals surface area contributed by atoms with E-state index in [4.69, 9.17) is 18.9 Å². The molecule has 0 atom stereocenters. The first kappa shape index (κ1) is 15.8. The maximum Gasteiger partial charge on any atom is 0.339 e. The van der Waals surface area contributed by atoms with Crippen LogP contribution in [-0.4, -0.2) is 39.4 Å². The van der Waals surface area contributed by atoms with Crippen LogP contribution in [0.4, 0.5) is 0 Å². The lowest BCUT2D eigenvalue weighted by atomic mass is 10.1. The highest BCUT2D eigenvalue weighted by molar-refractivity contribution is 5.92. The first-order chi connectivity index (χ1) is 10.5. The molecule has 6 heteroatoms. The van der Waals surface area contributed by atoms with Crippen LogP contribution >= 0.6 is 0 Å². The van der Waals surface area contributed by atoms with E-state index in [1.54, 1.807) is 27.4 Å². The number of aromatic nitrogens is 1. The van der Waals surface area contributed by atoms with Gasteiger partial charge in [-0.3, -0.25) is 0 Å². The van der Waals surface area contributed by atoms with Crippen molar-refractivity contribution in [2.45, 2.75) is 6.92 Å². The van der Waals surface area contributed by atoms with E-state index in [1.165, 1.54) is 7.11 Å². The first-order valence-corrected chi connectivity index (χ1v) is 6.64. The molecule has 0 aliphatic rings. The largest absolute Gasteiger partial charge is 0.493 e. The van der Waals surface area contributed by atoms with Crippen molar-refractivity contribution in [3.05, 3.63) is 29.5 Å². The van der Waals surface area contributed by atoms with Gasteiger partial charge in [-0.05, 0) is 25.1 Å². The van der Waals surface area contributed by atoms with E-state index >= 15 is 0 Å². The number of nitrogens with one attached hydrogen (secondary N) is 1. The minimum Gasteiger partial charge on any atom is -0.493 e. The third-order valence-corrected chi connectivity index (χ3v) is 3.40. The van der Waals surface area contributed by atoms with Crippen molar-refractivity contribution in [3.8, 4) is 28.5 Å². The molecule has 0 spiro atoms. The number of rotatable bonds is 5. The van der Waals surface area contributed by atoms with Crippen LogP contribution in [0.5, 0.6) is 17.2 Å². The van der Waals surface area contributed by atoms with Gasteiger partial charge in [0.1, 0.15) is 0 Å². The Kier molecular flexibility index (Phi) is 4.60. The second-order valence-corrected chi connectivity index (χ2v) is 4.63. The molecular formula is C16H19NO5. The number of carbonyl (C=O) groups is 1. The summed E-state index contributed by atoms with van der Waals surface area (Å²) in [6.07, 6.45) is 0.